The third kappa shape index (κ3) is 3.41. The Kier molecular flexibility index (Phi) is 4.68. The van der Waals surface area contributed by atoms with Gasteiger partial charge in [0.2, 0.25) is 10.0 Å². The number of anilines is 1. The van der Waals surface area contributed by atoms with E-state index >= 15 is 0 Å². The molecule has 1 saturated carbocycles. The molecule has 3 aromatic rings. The molecule has 0 atom stereocenters. The Balaban J connectivity index is 1.67. The van der Waals surface area contributed by atoms with E-state index in [1.54, 1.807) is 12.1 Å². The first-order chi connectivity index (χ1) is 13.3. The van der Waals surface area contributed by atoms with E-state index in [1.807, 2.05) is 13.8 Å². The molecule has 2 heterocycles. The van der Waals surface area contributed by atoms with Gasteiger partial charge in [-0.3, -0.25) is 4.79 Å². The number of rotatable bonds is 5. The molecule has 0 aliphatic heterocycles. The number of aromatic nitrogens is 2. The van der Waals surface area contributed by atoms with Crippen LogP contribution in [0.4, 0.5) is 5.69 Å². The summed E-state index contributed by atoms with van der Waals surface area (Å²) >= 11 is 1.35. The van der Waals surface area contributed by atoms with Crippen molar-refractivity contribution in [3.63, 3.8) is 0 Å². The highest BCUT2D eigenvalue weighted by atomic mass is 32.2. The topological polar surface area (TPSA) is 101 Å². The number of hydrogen-bond donors (Lipinski definition) is 2. The summed E-state index contributed by atoms with van der Waals surface area (Å²) in [5, 5.41) is 3.72. The Labute approximate surface area is 167 Å². The second-order valence-corrected chi connectivity index (χ2v) is 9.75. The lowest BCUT2D eigenvalue weighted by molar-refractivity contribution is 0.103. The van der Waals surface area contributed by atoms with Crippen molar-refractivity contribution >= 4 is 43.2 Å². The molecule has 2 N–H and O–H groups in total. The molecule has 1 aliphatic carbocycles. The van der Waals surface area contributed by atoms with Crippen LogP contribution in [-0.2, 0) is 10.0 Å². The average molecular weight is 417 g/mol. The largest absolute Gasteiger partial charge is 0.321 e. The fourth-order valence-electron chi connectivity index (χ4n) is 3.15. The number of hydrogen-bond acceptors (Lipinski definition) is 6. The Morgan fingerprint density at radius 3 is 2.64 bits per heavy atom. The number of amides is 1. The van der Waals surface area contributed by atoms with Crippen LogP contribution in [0.25, 0.3) is 10.2 Å². The van der Waals surface area contributed by atoms with Gasteiger partial charge in [-0.05, 0) is 57.5 Å². The molecular weight excluding hydrogens is 396 g/mol. The fraction of sp³-hybridized carbons (Fsp3) is 0.316. The highest BCUT2D eigenvalue weighted by molar-refractivity contribution is 7.89. The first kappa shape index (κ1) is 19.0. The van der Waals surface area contributed by atoms with Crippen LogP contribution in [-0.4, -0.2) is 31.3 Å². The number of nitrogens with zero attached hydrogens (tertiary/aromatic N) is 2. The zero-order chi connectivity index (χ0) is 20.1. The van der Waals surface area contributed by atoms with E-state index in [1.165, 1.54) is 30.5 Å². The van der Waals surface area contributed by atoms with Crippen LogP contribution in [0.3, 0.4) is 0 Å². The first-order valence-corrected chi connectivity index (χ1v) is 11.2. The Bertz CT molecular complexity index is 1200. The minimum Gasteiger partial charge on any atom is -0.321 e. The molecule has 0 radical (unpaired) electrons. The fourth-order valence-corrected chi connectivity index (χ4v) is 5.06. The van der Waals surface area contributed by atoms with Crippen molar-refractivity contribution in [3.8, 4) is 0 Å². The summed E-state index contributed by atoms with van der Waals surface area (Å²) in [7, 11) is -2.23. The van der Waals surface area contributed by atoms with Gasteiger partial charge in [-0.25, -0.2) is 23.1 Å². The van der Waals surface area contributed by atoms with Gasteiger partial charge in [0, 0.05) is 17.0 Å². The Morgan fingerprint density at radius 2 is 1.96 bits per heavy atom. The van der Waals surface area contributed by atoms with Crippen molar-refractivity contribution in [2.75, 3.05) is 12.4 Å². The van der Waals surface area contributed by atoms with E-state index in [0.717, 1.165) is 40.1 Å². The van der Waals surface area contributed by atoms with Gasteiger partial charge < -0.3 is 5.32 Å². The summed E-state index contributed by atoms with van der Waals surface area (Å²) in [6, 6.07) is 6.16. The molecule has 9 heteroatoms. The van der Waals surface area contributed by atoms with Crippen molar-refractivity contribution in [3.05, 3.63) is 46.2 Å². The van der Waals surface area contributed by atoms with Gasteiger partial charge in [-0.1, -0.05) is 6.07 Å². The van der Waals surface area contributed by atoms with E-state index < -0.39 is 10.0 Å². The molecule has 28 heavy (non-hydrogen) atoms. The van der Waals surface area contributed by atoms with E-state index in [2.05, 4.69) is 20.0 Å². The van der Waals surface area contributed by atoms with Crippen LogP contribution in [0.2, 0.25) is 0 Å². The molecule has 1 amide bonds. The molecule has 7 nitrogen and oxygen atoms in total. The number of carbonyl (C=O) groups excluding carboxylic acids is 1. The molecule has 0 spiro atoms. The van der Waals surface area contributed by atoms with E-state index in [9.17, 15) is 13.2 Å². The van der Waals surface area contributed by atoms with Crippen LogP contribution < -0.4 is 10.0 Å². The zero-order valence-corrected chi connectivity index (χ0v) is 17.4. The maximum atomic E-state index is 12.9. The highest BCUT2D eigenvalue weighted by Crippen LogP contribution is 2.40. The van der Waals surface area contributed by atoms with Crippen LogP contribution in [0.15, 0.2) is 29.2 Å². The van der Waals surface area contributed by atoms with Crippen molar-refractivity contribution < 1.29 is 13.2 Å². The maximum Gasteiger partial charge on any atom is 0.266 e. The number of sulfonamides is 1. The van der Waals surface area contributed by atoms with Gasteiger partial charge >= 0.3 is 0 Å². The number of benzene rings is 1. The Hall–Kier alpha value is -2.36. The monoisotopic (exact) mass is 416 g/mol. The minimum absolute atomic E-state index is 0.0941. The molecule has 2 aromatic heterocycles. The number of thiophene rings is 1. The van der Waals surface area contributed by atoms with Crippen LogP contribution in [0.5, 0.6) is 0 Å². The van der Waals surface area contributed by atoms with E-state index in [4.69, 9.17) is 0 Å². The normalized spacial score (nSPS) is 14.4. The molecule has 0 unspecified atom stereocenters. The number of fused-ring (bicyclic) bond motifs is 1. The summed E-state index contributed by atoms with van der Waals surface area (Å²) in [5.41, 5.74) is 2.15. The van der Waals surface area contributed by atoms with Gasteiger partial charge in [0.05, 0.1) is 15.5 Å². The zero-order valence-electron chi connectivity index (χ0n) is 15.7. The number of nitrogens with one attached hydrogen (secondary N) is 2. The van der Waals surface area contributed by atoms with Crippen molar-refractivity contribution in [1.82, 2.24) is 14.7 Å². The first-order valence-electron chi connectivity index (χ1n) is 8.92. The molecule has 4 rings (SSSR count). The number of aryl methyl sites for hydroxylation is 2. The minimum atomic E-state index is -3.58. The SMILES string of the molecule is CNS(=O)(=O)c1cccc(NC(=O)c2sc3nc(C4CC4)nc(C)c3c2C)c1. The summed E-state index contributed by atoms with van der Waals surface area (Å²) in [6.45, 7) is 3.84. The summed E-state index contributed by atoms with van der Waals surface area (Å²) in [5.74, 6) is 1.02. The van der Waals surface area contributed by atoms with E-state index in [-0.39, 0.29) is 10.8 Å². The molecule has 1 aliphatic rings. The van der Waals surface area contributed by atoms with Gasteiger partial charge in [0.15, 0.2) is 0 Å². The standard InChI is InChI=1S/C19H20N4O3S2/c1-10-15-11(2)21-17(12-7-8-12)23-19(15)27-16(10)18(24)22-13-5-4-6-14(9-13)28(25,26)20-3/h4-6,9,12,20H,7-8H2,1-3H3,(H,22,24). The third-order valence-electron chi connectivity index (χ3n) is 4.81. The second-order valence-electron chi connectivity index (χ2n) is 6.87. The quantitative estimate of drug-likeness (QED) is 0.664. The average Bonchev–Trinajstić information content (AvgIpc) is 3.45. The van der Waals surface area contributed by atoms with Gasteiger partial charge in [-0.15, -0.1) is 11.3 Å². The molecule has 0 saturated heterocycles. The van der Waals surface area contributed by atoms with Crippen molar-refractivity contribution in [1.29, 1.82) is 0 Å². The number of carbonyl (C=O) groups is 1. The van der Waals surface area contributed by atoms with Gasteiger partial charge in [0.1, 0.15) is 10.7 Å². The van der Waals surface area contributed by atoms with Crippen LogP contribution in [0.1, 0.15) is 45.5 Å². The summed E-state index contributed by atoms with van der Waals surface area (Å²) in [4.78, 5) is 23.6. The predicted molar refractivity (Wildman–Crippen MR) is 110 cm³/mol. The molecular formula is C19H20N4O3S2. The summed E-state index contributed by atoms with van der Waals surface area (Å²) in [6.07, 6.45) is 2.24. The predicted octanol–water partition coefficient (Wildman–Crippen LogP) is 3.35. The lowest BCUT2D eigenvalue weighted by Gasteiger charge is -2.07. The summed E-state index contributed by atoms with van der Waals surface area (Å²) < 4.78 is 26.2. The molecule has 146 valence electrons. The van der Waals surface area contributed by atoms with Crippen LogP contribution >= 0.6 is 11.3 Å². The lowest BCUT2D eigenvalue weighted by atomic mass is 10.1. The smallest absolute Gasteiger partial charge is 0.266 e. The lowest BCUT2D eigenvalue weighted by Crippen LogP contribution is -2.19. The third-order valence-corrected chi connectivity index (χ3v) is 7.40. The van der Waals surface area contributed by atoms with Crippen LogP contribution in [0, 0.1) is 13.8 Å². The molecule has 0 bridgehead atoms. The maximum absolute atomic E-state index is 12.9. The molecule has 1 aromatic carbocycles. The second kappa shape index (κ2) is 6.91. The van der Waals surface area contributed by atoms with E-state index in [0.29, 0.717) is 16.5 Å². The molecule has 1 fully saturated rings. The Morgan fingerprint density at radius 1 is 1.21 bits per heavy atom. The van der Waals surface area contributed by atoms with Gasteiger partial charge in [0.25, 0.3) is 5.91 Å². The van der Waals surface area contributed by atoms with Crippen molar-refractivity contribution in [2.45, 2.75) is 37.5 Å². The van der Waals surface area contributed by atoms with Gasteiger partial charge in [-0.2, -0.15) is 0 Å². The van der Waals surface area contributed by atoms with Crippen molar-refractivity contribution in [2.24, 2.45) is 0 Å². The highest BCUT2D eigenvalue weighted by Gasteiger charge is 2.28.